The second-order valence-corrected chi connectivity index (χ2v) is 9.98. The number of aryl methyl sites for hydroxylation is 2. The Bertz CT molecular complexity index is 1100. The largest absolute Gasteiger partial charge is 0.383 e. The fraction of sp³-hybridized carbons (Fsp3) is 0.565. The summed E-state index contributed by atoms with van der Waals surface area (Å²) < 4.78 is 20.7. The standard InChI is InChI=1S/C23H31FN6OS/c1-13-18(21-29-19-14(2)25-9-8-17(19)32-21)20(30-22(27-13)26-10-11-31-5)28-16-7-6-15(12-16)23(3,4)24/h8-9,15-16H,6-7,10-12H2,1-5H3,(H2,26,27,28,30)/t15?,16-/m0/s1. The number of anilines is 2. The number of fused-ring (bicyclic) bond motifs is 1. The number of thiazole rings is 1. The van der Waals surface area contributed by atoms with Gasteiger partial charge >= 0.3 is 0 Å². The van der Waals surface area contributed by atoms with Crippen molar-refractivity contribution in [1.29, 1.82) is 0 Å². The summed E-state index contributed by atoms with van der Waals surface area (Å²) in [5.41, 5.74) is 2.36. The first-order valence-electron chi connectivity index (χ1n) is 11.1. The normalized spacial score (nSPS) is 18.9. The zero-order valence-corrected chi connectivity index (χ0v) is 20.1. The summed E-state index contributed by atoms with van der Waals surface area (Å²) in [4.78, 5) is 18.7. The van der Waals surface area contributed by atoms with E-state index >= 15 is 0 Å². The van der Waals surface area contributed by atoms with Gasteiger partial charge in [0, 0.05) is 25.9 Å². The van der Waals surface area contributed by atoms with Crippen molar-refractivity contribution < 1.29 is 9.13 Å². The Hall–Kier alpha value is -2.39. The van der Waals surface area contributed by atoms with Crippen LogP contribution >= 0.6 is 11.3 Å². The predicted molar refractivity (Wildman–Crippen MR) is 128 cm³/mol. The van der Waals surface area contributed by atoms with E-state index in [1.165, 1.54) is 0 Å². The highest BCUT2D eigenvalue weighted by Gasteiger charge is 2.36. The van der Waals surface area contributed by atoms with E-state index in [9.17, 15) is 4.39 Å². The lowest BCUT2D eigenvalue weighted by molar-refractivity contribution is 0.127. The van der Waals surface area contributed by atoms with Crippen LogP contribution in [0.25, 0.3) is 20.8 Å². The molecule has 0 aliphatic heterocycles. The highest BCUT2D eigenvalue weighted by atomic mass is 32.1. The van der Waals surface area contributed by atoms with E-state index < -0.39 is 5.67 Å². The van der Waals surface area contributed by atoms with Gasteiger partial charge in [-0.3, -0.25) is 4.98 Å². The van der Waals surface area contributed by atoms with Gasteiger partial charge in [-0.1, -0.05) is 0 Å². The number of hydrogen-bond acceptors (Lipinski definition) is 8. The van der Waals surface area contributed by atoms with Crippen LogP contribution in [0.1, 0.15) is 44.5 Å². The summed E-state index contributed by atoms with van der Waals surface area (Å²) in [5, 5.41) is 7.69. The van der Waals surface area contributed by atoms with Gasteiger partial charge in [0.2, 0.25) is 5.95 Å². The minimum absolute atomic E-state index is 0.0434. The van der Waals surface area contributed by atoms with Crippen LogP contribution in [0.2, 0.25) is 0 Å². The highest BCUT2D eigenvalue weighted by molar-refractivity contribution is 7.21. The Morgan fingerprint density at radius 2 is 2.00 bits per heavy atom. The molecular weight excluding hydrogens is 427 g/mol. The van der Waals surface area contributed by atoms with Gasteiger partial charge in [0.05, 0.1) is 28.3 Å². The number of halogens is 1. The fourth-order valence-electron chi connectivity index (χ4n) is 4.30. The maximum atomic E-state index is 14.5. The third-order valence-corrected chi connectivity index (χ3v) is 7.17. The molecule has 4 rings (SSSR count). The number of pyridine rings is 1. The average Bonchev–Trinajstić information content (AvgIpc) is 3.36. The summed E-state index contributed by atoms with van der Waals surface area (Å²) in [6.07, 6.45) is 4.37. The lowest BCUT2D eigenvalue weighted by Crippen LogP contribution is -2.26. The number of aromatic nitrogens is 4. The molecule has 3 aromatic heterocycles. The van der Waals surface area contributed by atoms with Gasteiger partial charge in [-0.05, 0) is 58.9 Å². The zero-order valence-electron chi connectivity index (χ0n) is 19.3. The molecule has 9 heteroatoms. The van der Waals surface area contributed by atoms with Crippen LogP contribution in [-0.4, -0.2) is 51.9 Å². The molecule has 0 amide bonds. The first-order chi connectivity index (χ1) is 15.3. The Labute approximate surface area is 192 Å². The summed E-state index contributed by atoms with van der Waals surface area (Å²) in [7, 11) is 1.66. The molecule has 172 valence electrons. The van der Waals surface area contributed by atoms with Crippen LogP contribution in [-0.2, 0) is 4.74 Å². The van der Waals surface area contributed by atoms with Gasteiger partial charge in [-0.2, -0.15) is 4.98 Å². The molecular formula is C23H31FN6OS. The van der Waals surface area contributed by atoms with Crippen LogP contribution in [0.5, 0.6) is 0 Å². The smallest absolute Gasteiger partial charge is 0.224 e. The van der Waals surface area contributed by atoms with Crippen molar-refractivity contribution in [2.24, 2.45) is 5.92 Å². The molecule has 1 saturated carbocycles. The third-order valence-electron chi connectivity index (χ3n) is 6.13. The predicted octanol–water partition coefficient (Wildman–Crippen LogP) is 5.15. The van der Waals surface area contributed by atoms with Crippen LogP contribution in [0.15, 0.2) is 12.3 Å². The quantitative estimate of drug-likeness (QED) is 0.451. The summed E-state index contributed by atoms with van der Waals surface area (Å²) in [5.74, 6) is 1.33. The SMILES string of the molecule is COCCNc1nc(C)c(-c2nc3c(C)nccc3s2)c(N[C@H]2CCC(C(C)(C)F)C2)n1. The van der Waals surface area contributed by atoms with E-state index in [0.717, 1.165) is 57.3 Å². The van der Waals surface area contributed by atoms with E-state index in [0.29, 0.717) is 19.1 Å². The van der Waals surface area contributed by atoms with E-state index in [-0.39, 0.29) is 12.0 Å². The van der Waals surface area contributed by atoms with Crippen LogP contribution in [0.4, 0.5) is 16.2 Å². The molecule has 0 bridgehead atoms. The molecule has 0 saturated heterocycles. The lowest BCUT2D eigenvalue weighted by Gasteiger charge is -2.23. The van der Waals surface area contributed by atoms with E-state index in [2.05, 4.69) is 20.6 Å². The van der Waals surface area contributed by atoms with Crippen LogP contribution in [0, 0.1) is 19.8 Å². The van der Waals surface area contributed by atoms with Crippen molar-refractivity contribution in [2.45, 2.75) is 58.7 Å². The summed E-state index contributed by atoms with van der Waals surface area (Å²) in [6, 6.07) is 2.14. The number of nitrogens with one attached hydrogen (secondary N) is 2. The number of nitrogens with zero attached hydrogens (tertiary/aromatic N) is 4. The Morgan fingerprint density at radius 3 is 2.69 bits per heavy atom. The molecule has 1 aliphatic rings. The molecule has 1 unspecified atom stereocenters. The Balaban J connectivity index is 1.70. The molecule has 0 spiro atoms. The van der Waals surface area contributed by atoms with Gasteiger partial charge in [0.25, 0.3) is 0 Å². The molecule has 0 radical (unpaired) electrons. The molecule has 0 aromatic carbocycles. The molecule has 3 aromatic rings. The van der Waals surface area contributed by atoms with Gasteiger partial charge in [-0.15, -0.1) is 11.3 Å². The molecule has 1 fully saturated rings. The monoisotopic (exact) mass is 458 g/mol. The fourth-order valence-corrected chi connectivity index (χ4v) is 5.41. The first kappa shape index (κ1) is 22.8. The first-order valence-corrected chi connectivity index (χ1v) is 11.9. The van der Waals surface area contributed by atoms with Crippen molar-refractivity contribution in [3.63, 3.8) is 0 Å². The van der Waals surface area contributed by atoms with Crippen molar-refractivity contribution in [1.82, 2.24) is 19.9 Å². The number of rotatable bonds is 8. The average molecular weight is 459 g/mol. The molecule has 3 heterocycles. The Kier molecular flexibility index (Phi) is 6.57. The zero-order chi connectivity index (χ0) is 22.9. The van der Waals surface area contributed by atoms with Crippen molar-refractivity contribution in [3.8, 4) is 10.6 Å². The summed E-state index contributed by atoms with van der Waals surface area (Å²) >= 11 is 1.61. The topological polar surface area (TPSA) is 84.8 Å². The maximum absolute atomic E-state index is 14.5. The second kappa shape index (κ2) is 9.23. The van der Waals surface area contributed by atoms with Gasteiger partial charge < -0.3 is 15.4 Å². The van der Waals surface area contributed by atoms with Crippen LogP contribution < -0.4 is 10.6 Å². The van der Waals surface area contributed by atoms with Crippen molar-refractivity contribution >= 4 is 33.3 Å². The van der Waals surface area contributed by atoms with E-state index in [1.54, 1.807) is 32.3 Å². The lowest BCUT2D eigenvalue weighted by atomic mass is 9.91. The van der Waals surface area contributed by atoms with E-state index in [1.807, 2.05) is 26.1 Å². The van der Waals surface area contributed by atoms with Crippen molar-refractivity contribution in [2.75, 3.05) is 30.9 Å². The number of alkyl halides is 1. The minimum atomic E-state index is -1.18. The second-order valence-electron chi connectivity index (χ2n) is 8.95. The molecule has 32 heavy (non-hydrogen) atoms. The number of hydrogen-bond donors (Lipinski definition) is 2. The van der Waals surface area contributed by atoms with Gasteiger partial charge in [-0.25, -0.2) is 14.4 Å². The maximum Gasteiger partial charge on any atom is 0.224 e. The molecule has 2 N–H and O–H groups in total. The number of methoxy groups -OCH3 is 1. The van der Waals surface area contributed by atoms with Crippen molar-refractivity contribution in [3.05, 3.63) is 23.7 Å². The van der Waals surface area contributed by atoms with Gasteiger partial charge in [0.15, 0.2) is 0 Å². The molecule has 7 nitrogen and oxygen atoms in total. The molecule has 1 aliphatic carbocycles. The van der Waals surface area contributed by atoms with Gasteiger partial charge in [0.1, 0.15) is 22.0 Å². The molecule has 2 atom stereocenters. The minimum Gasteiger partial charge on any atom is -0.383 e. The van der Waals surface area contributed by atoms with E-state index in [4.69, 9.17) is 14.7 Å². The third kappa shape index (κ3) is 4.83. The highest BCUT2D eigenvalue weighted by Crippen LogP contribution is 2.40. The summed E-state index contributed by atoms with van der Waals surface area (Å²) in [6.45, 7) is 8.47. The van der Waals surface area contributed by atoms with Crippen LogP contribution in [0.3, 0.4) is 0 Å². The number of ether oxygens (including phenoxy) is 1. The Morgan fingerprint density at radius 1 is 1.19 bits per heavy atom.